The van der Waals surface area contributed by atoms with Gasteiger partial charge in [-0.25, -0.2) is 29.9 Å². The molecule has 0 aliphatic rings. The van der Waals surface area contributed by atoms with E-state index < -0.39 is 0 Å². The van der Waals surface area contributed by atoms with Crippen LogP contribution in [0.1, 0.15) is 13.8 Å². The molecule has 5 aromatic heterocycles. The van der Waals surface area contributed by atoms with Crippen molar-refractivity contribution in [2.45, 2.75) is 13.8 Å². The molecule has 5 heterocycles. The highest BCUT2D eigenvalue weighted by Gasteiger charge is 2.22. The molecule has 8 nitrogen and oxygen atoms in total. The summed E-state index contributed by atoms with van der Waals surface area (Å²) < 4.78 is 4.69. The maximum atomic E-state index is 5.37. The van der Waals surface area contributed by atoms with E-state index in [9.17, 15) is 0 Å². The van der Waals surface area contributed by atoms with Crippen molar-refractivity contribution in [1.82, 2.24) is 39.0 Å². The highest BCUT2D eigenvalue weighted by Crippen LogP contribution is 2.41. The normalized spacial score (nSPS) is 10.9. The topological polar surface area (TPSA) is 87.2 Å². The monoisotopic (exact) mass is 878 g/mol. The van der Waals surface area contributed by atoms with Crippen LogP contribution in [0.3, 0.4) is 0 Å². The number of benzene rings is 7. The average molecular weight is 879 g/mol. The van der Waals surface area contributed by atoms with Crippen molar-refractivity contribution in [1.29, 1.82) is 0 Å². The first-order valence-corrected chi connectivity index (χ1v) is 22.5. The lowest BCUT2D eigenvalue weighted by molar-refractivity contribution is 1.14. The van der Waals surface area contributed by atoms with Gasteiger partial charge in [-0.2, -0.15) is 0 Å². The Morgan fingerprint density at radius 3 is 1.19 bits per heavy atom. The first-order valence-electron chi connectivity index (χ1n) is 22.5. The molecule has 12 rings (SSSR count). The minimum atomic E-state index is 0.638. The molecule has 0 saturated carbocycles. The number of aromatic nitrogens is 8. The molecule has 0 saturated heterocycles. The van der Waals surface area contributed by atoms with Crippen molar-refractivity contribution in [2.75, 3.05) is 0 Å². The maximum Gasteiger partial charge on any atom is 0.160 e. The summed E-state index contributed by atoms with van der Waals surface area (Å²) in [6.07, 6.45) is 10.6. The molecular formula is C60H46N8. The predicted octanol–water partition coefficient (Wildman–Crippen LogP) is 15.0. The van der Waals surface area contributed by atoms with Gasteiger partial charge in [0.1, 0.15) is 0 Å². The van der Waals surface area contributed by atoms with Crippen LogP contribution in [0.2, 0.25) is 0 Å². The summed E-state index contributed by atoms with van der Waals surface area (Å²) in [5, 5.41) is 4.61. The molecule has 0 bridgehead atoms. The predicted molar refractivity (Wildman–Crippen MR) is 281 cm³/mol. The van der Waals surface area contributed by atoms with Crippen LogP contribution in [0, 0.1) is 0 Å². The van der Waals surface area contributed by atoms with Crippen LogP contribution in [-0.4, -0.2) is 39.0 Å². The number of nitrogens with zero attached hydrogens (tertiary/aromatic N) is 8. The number of para-hydroxylation sites is 4. The summed E-state index contributed by atoms with van der Waals surface area (Å²) in [5.41, 5.74) is 12.7. The van der Waals surface area contributed by atoms with E-state index in [4.69, 9.17) is 9.97 Å². The van der Waals surface area contributed by atoms with Crippen LogP contribution in [0.4, 0.5) is 0 Å². The SMILES string of the molecule is C=CC.C=CC.c1ccc(-c2nc(-c3ccccc3-n3c4ccccc4c4ccc(-c5ncccn5)cc43)cc(-c3ccccc3-n3c4ccccc4c4ccc(-c5ncccn5)cc43)n2)cc1. The van der Waals surface area contributed by atoms with Crippen LogP contribution >= 0.6 is 0 Å². The smallest absolute Gasteiger partial charge is 0.160 e. The van der Waals surface area contributed by atoms with E-state index in [1.807, 2.05) is 44.2 Å². The van der Waals surface area contributed by atoms with Gasteiger partial charge < -0.3 is 9.13 Å². The van der Waals surface area contributed by atoms with Gasteiger partial charge in [-0.1, -0.05) is 140 Å². The number of hydrogen-bond donors (Lipinski definition) is 0. The Kier molecular flexibility index (Phi) is 12.0. The number of rotatable bonds is 7. The second kappa shape index (κ2) is 19.1. The van der Waals surface area contributed by atoms with Crippen molar-refractivity contribution in [2.24, 2.45) is 0 Å². The van der Waals surface area contributed by atoms with Crippen molar-refractivity contribution < 1.29 is 0 Å². The van der Waals surface area contributed by atoms with Crippen molar-refractivity contribution >= 4 is 43.6 Å². The van der Waals surface area contributed by atoms with E-state index >= 15 is 0 Å². The molecule has 0 amide bonds. The Labute approximate surface area is 395 Å². The second-order valence-electron chi connectivity index (χ2n) is 16.0. The Morgan fingerprint density at radius 1 is 0.353 bits per heavy atom. The van der Waals surface area contributed by atoms with Gasteiger partial charge in [0.2, 0.25) is 0 Å². The molecule has 7 aromatic carbocycles. The Bertz CT molecular complexity index is 3520. The first kappa shape index (κ1) is 42.8. The van der Waals surface area contributed by atoms with Gasteiger partial charge in [0.25, 0.3) is 0 Å². The van der Waals surface area contributed by atoms with Gasteiger partial charge >= 0.3 is 0 Å². The summed E-state index contributed by atoms with van der Waals surface area (Å²) in [6.45, 7) is 10.5. The zero-order valence-corrected chi connectivity index (χ0v) is 37.8. The molecule has 0 N–H and O–H groups in total. The van der Waals surface area contributed by atoms with E-state index in [1.165, 1.54) is 0 Å². The minimum absolute atomic E-state index is 0.638. The van der Waals surface area contributed by atoms with Crippen LogP contribution in [0.25, 0.3) is 112 Å². The molecule has 8 heteroatoms. The molecular weight excluding hydrogens is 833 g/mol. The number of fused-ring (bicyclic) bond motifs is 6. The van der Waals surface area contributed by atoms with E-state index in [0.717, 1.165) is 94.2 Å². The molecule has 0 aliphatic carbocycles. The van der Waals surface area contributed by atoms with Gasteiger partial charge in [-0.05, 0) is 68.4 Å². The summed E-state index contributed by atoms with van der Waals surface area (Å²) in [5.74, 6) is 2.00. The molecule has 12 aromatic rings. The fraction of sp³-hybridized carbons (Fsp3) is 0.0333. The minimum Gasteiger partial charge on any atom is -0.309 e. The van der Waals surface area contributed by atoms with E-state index in [-0.39, 0.29) is 0 Å². The lowest BCUT2D eigenvalue weighted by Crippen LogP contribution is -2.02. The van der Waals surface area contributed by atoms with Crippen molar-refractivity contribution in [3.63, 3.8) is 0 Å². The summed E-state index contributed by atoms with van der Waals surface area (Å²) in [4.78, 5) is 29.1. The first-order chi connectivity index (χ1) is 33.6. The summed E-state index contributed by atoms with van der Waals surface area (Å²) in [7, 11) is 0. The second-order valence-corrected chi connectivity index (χ2v) is 16.0. The zero-order chi connectivity index (χ0) is 46.4. The summed E-state index contributed by atoms with van der Waals surface area (Å²) >= 11 is 0. The average Bonchev–Trinajstić information content (AvgIpc) is 3.92. The molecule has 0 spiro atoms. The Hall–Kier alpha value is -9.14. The van der Waals surface area contributed by atoms with Crippen LogP contribution < -0.4 is 0 Å². The molecule has 0 unspecified atom stereocenters. The Morgan fingerprint density at radius 2 is 0.735 bits per heavy atom. The third-order valence-electron chi connectivity index (χ3n) is 11.6. The van der Waals surface area contributed by atoms with Crippen LogP contribution in [0.15, 0.2) is 232 Å². The van der Waals surface area contributed by atoms with Crippen LogP contribution in [-0.2, 0) is 0 Å². The van der Waals surface area contributed by atoms with Gasteiger partial charge in [-0.15, -0.1) is 13.2 Å². The van der Waals surface area contributed by atoms with Crippen molar-refractivity contribution in [3.05, 3.63) is 232 Å². The third-order valence-corrected chi connectivity index (χ3v) is 11.6. The standard InChI is InChI=1S/C54H34N8.2C3H6/c1-2-14-35(15-3-1)54-59-44(42-18-6-10-22-48(42)61-46-20-8-4-16-38(46)40-26-24-36(32-50(40)61)52-55-28-12-29-56-52)34-45(60-54)43-19-7-11-23-49(43)62-47-21-9-5-17-39(47)41-27-25-37(33-51(41)62)53-57-30-13-31-58-53;2*1-3-2/h1-34H;2*3H,1H2,2H3. The fourth-order valence-electron chi connectivity index (χ4n) is 8.84. The molecule has 68 heavy (non-hydrogen) atoms. The van der Waals surface area contributed by atoms with Gasteiger partial charge in [0.05, 0.1) is 44.8 Å². The molecule has 0 aliphatic heterocycles. The molecule has 0 atom stereocenters. The van der Waals surface area contributed by atoms with E-state index in [2.05, 4.69) is 194 Å². The van der Waals surface area contributed by atoms with E-state index in [0.29, 0.717) is 17.5 Å². The lowest BCUT2D eigenvalue weighted by atomic mass is 10.0. The highest BCUT2D eigenvalue weighted by molar-refractivity contribution is 6.12. The molecule has 326 valence electrons. The molecule has 0 fully saturated rings. The Balaban J connectivity index is 0.000000856. The third kappa shape index (κ3) is 8.01. The quantitative estimate of drug-likeness (QED) is 0.148. The zero-order valence-electron chi connectivity index (χ0n) is 37.8. The fourth-order valence-corrected chi connectivity index (χ4v) is 8.84. The number of allylic oxidation sites excluding steroid dienone is 2. The lowest BCUT2D eigenvalue weighted by Gasteiger charge is -2.17. The van der Waals surface area contributed by atoms with E-state index in [1.54, 1.807) is 36.9 Å². The number of hydrogen-bond acceptors (Lipinski definition) is 6. The van der Waals surface area contributed by atoms with Crippen molar-refractivity contribution in [3.8, 4) is 68.1 Å². The maximum absolute atomic E-state index is 5.37. The highest BCUT2D eigenvalue weighted by atomic mass is 15.0. The van der Waals surface area contributed by atoms with Gasteiger partial charge in [-0.3, -0.25) is 0 Å². The largest absolute Gasteiger partial charge is 0.309 e. The molecule has 0 radical (unpaired) electrons. The summed E-state index contributed by atoms with van der Waals surface area (Å²) in [6, 6.07) is 63.2. The van der Waals surface area contributed by atoms with Gasteiger partial charge in [0.15, 0.2) is 17.5 Å². The van der Waals surface area contributed by atoms with Gasteiger partial charge in [0, 0.05) is 74.1 Å². The van der Waals surface area contributed by atoms with Crippen LogP contribution in [0.5, 0.6) is 0 Å².